The van der Waals surface area contributed by atoms with Crippen molar-refractivity contribution in [2.24, 2.45) is 5.73 Å². The lowest BCUT2D eigenvalue weighted by atomic mass is 9.96. The predicted molar refractivity (Wildman–Crippen MR) is 68.8 cm³/mol. The minimum Gasteiger partial charge on any atom is -0.479 e. The molecular formula is C14H15FN2O. The summed E-state index contributed by atoms with van der Waals surface area (Å²) in [6.45, 7) is 1.87. The number of pyridine rings is 1. The molecule has 0 spiro atoms. The molecule has 1 aromatic heterocycles. The first kappa shape index (κ1) is 12.5. The zero-order valence-electron chi connectivity index (χ0n) is 10.4. The van der Waals surface area contributed by atoms with E-state index in [4.69, 9.17) is 10.5 Å². The average molecular weight is 246 g/mol. The van der Waals surface area contributed by atoms with Crippen LogP contribution in [0.25, 0.3) is 11.1 Å². The molecule has 0 radical (unpaired) electrons. The van der Waals surface area contributed by atoms with Crippen LogP contribution < -0.4 is 10.5 Å². The molecule has 0 bridgehead atoms. The van der Waals surface area contributed by atoms with E-state index in [0.717, 1.165) is 11.1 Å². The van der Waals surface area contributed by atoms with E-state index >= 15 is 0 Å². The van der Waals surface area contributed by atoms with Gasteiger partial charge in [-0.15, -0.1) is 0 Å². The monoisotopic (exact) mass is 246 g/mol. The maximum atomic E-state index is 14.2. The van der Waals surface area contributed by atoms with Gasteiger partial charge in [0, 0.05) is 17.8 Å². The van der Waals surface area contributed by atoms with Crippen LogP contribution in [0.3, 0.4) is 0 Å². The molecule has 0 fully saturated rings. The number of nitrogens with zero attached hydrogens (tertiary/aromatic N) is 1. The van der Waals surface area contributed by atoms with Crippen molar-refractivity contribution < 1.29 is 9.13 Å². The van der Waals surface area contributed by atoms with Gasteiger partial charge in [0.1, 0.15) is 0 Å². The van der Waals surface area contributed by atoms with E-state index < -0.39 is 5.82 Å². The average Bonchev–Trinajstić information content (AvgIpc) is 2.39. The van der Waals surface area contributed by atoms with Gasteiger partial charge in [0.25, 0.3) is 5.88 Å². The molecule has 0 aliphatic carbocycles. The summed E-state index contributed by atoms with van der Waals surface area (Å²) in [4.78, 5) is 3.83. The number of ether oxygens (including phenoxy) is 1. The van der Waals surface area contributed by atoms with Crippen LogP contribution in [0.5, 0.6) is 5.88 Å². The number of hydrogen-bond acceptors (Lipinski definition) is 3. The molecule has 0 aliphatic heterocycles. The molecule has 0 aliphatic rings. The highest BCUT2D eigenvalue weighted by molar-refractivity contribution is 5.69. The fraction of sp³-hybridized carbons (Fsp3) is 0.214. The van der Waals surface area contributed by atoms with Crippen LogP contribution in [-0.4, -0.2) is 12.1 Å². The van der Waals surface area contributed by atoms with Crippen LogP contribution in [-0.2, 0) is 0 Å². The van der Waals surface area contributed by atoms with Gasteiger partial charge in [-0.2, -0.15) is 0 Å². The summed E-state index contributed by atoms with van der Waals surface area (Å²) in [5.41, 5.74) is 8.02. The predicted octanol–water partition coefficient (Wildman–Crippen LogP) is 2.92. The van der Waals surface area contributed by atoms with Gasteiger partial charge < -0.3 is 10.5 Å². The number of nitrogens with two attached hydrogens (primary N) is 1. The molecule has 1 atom stereocenters. The zero-order valence-corrected chi connectivity index (χ0v) is 10.4. The van der Waals surface area contributed by atoms with Crippen molar-refractivity contribution in [1.29, 1.82) is 0 Å². The van der Waals surface area contributed by atoms with Crippen molar-refractivity contribution in [3.63, 3.8) is 0 Å². The summed E-state index contributed by atoms with van der Waals surface area (Å²) < 4.78 is 19.1. The Kier molecular flexibility index (Phi) is 3.58. The molecule has 1 aromatic carbocycles. The number of rotatable bonds is 3. The van der Waals surface area contributed by atoms with Crippen molar-refractivity contribution >= 4 is 0 Å². The van der Waals surface area contributed by atoms with E-state index in [1.165, 1.54) is 13.3 Å². The normalized spacial score (nSPS) is 12.2. The van der Waals surface area contributed by atoms with E-state index in [2.05, 4.69) is 4.98 Å². The van der Waals surface area contributed by atoms with Gasteiger partial charge in [0.2, 0.25) is 0 Å². The van der Waals surface area contributed by atoms with Gasteiger partial charge >= 0.3 is 0 Å². The lowest BCUT2D eigenvalue weighted by Gasteiger charge is -2.14. The molecule has 2 N–H and O–H groups in total. The molecule has 18 heavy (non-hydrogen) atoms. The van der Waals surface area contributed by atoms with Gasteiger partial charge in [-0.25, -0.2) is 9.37 Å². The van der Waals surface area contributed by atoms with Crippen LogP contribution in [0.4, 0.5) is 4.39 Å². The van der Waals surface area contributed by atoms with E-state index in [9.17, 15) is 4.39 Å². The lowest BCUT2D eigenvalue weighted by Crippen LogP contribution is -2.07. The summed E-state index contributed by atoms with van der Waals surface area (Å²) in [7, 11) is 1.40. The third-order valence-corrected chi connectivity index (χ3v) is 2.79. The van der Waals surface area contributed by atoms with E-state index in [-0.39, 0.29) is 11.9 Å². The van der Waals surface area contributed by atoms with Crippen molar-refractivity contribution in [1.82, 2.24) is 4.98 Å². The van der Waals surface area contributed by atoms with Crippen molar-refractivity contribution in [2.75, 3.05) is 7.11 Å². The summed E-state index contributed by atoms with van der Waals surface area (Å²) in [6, 6.07) is 8.94. The van der Waals surface area contributed by atoms with E-state index in [0.29, 0.717) is 5.56 Å². The van der Waals surface area contributed by atoms with Crippen molar-refractivity contribution in [2.45, 2.75) is 13.0 Å². The number of benzene rings is 1. The maximum absolute atomic E-state index is 14.2. The van der Waals surface area contributed by atoms with Crippen molar-refractivity contribution in [3.05, 3.63) is 47.9 Å². The molecular weight excluding hydrogens is 231 g/mol. The Morgan fingerprint density at radius 1 is 1.22 bits per heavy atom. The number of hydrogen-bond donors (Lipinski definition) is 1. The Bertz CT molecular complexity index is 555. The summed E-state index contributed by atoms with van der Waals surface area (Å²) >= 11 is 0. The third-order valence-electron chi connectivity index (χ3n) is 2.79. The first-order valence-electron chi connectivity index (χ1n) is 5.68. The smallest absolute Gasteiger partial charge is 0.250 e. The van der Waals surface area contributed by atoms with Crippen LogP contribution in [0, 0.1) is 5.82 Å². The highest BCUT2D eigenvalue weighted by Gasteiger charge is 2.15. The van der Waals surface area contributed by atoms with Crippen LogP contribution >= 0.6 is 0 Å². The molecule has 0 saturated heterocycles. The molecule has 0 saturated carbocycles. The van der Waals surface area contributed by atoms with E-state index in [1.807, 2.05) is 31.2 Å². The van der Waals surface area contributed by atoms with Gasteiger partial charge in [0.05, 0.1) is 7.11 Å². The van der Waals surface area contributed by atoms with Gasteiger partial charge in [-0.1, -0.05) is 24.3 Å². The Balaban J connectivity index is 2.62. The van der Waals surface area contributed by atoms with Gasteiger partial charge in [-0.3, -0.25) is 0 Å². The maximum Gasteiger partial charge on any atom is 0.250 e. The largest absolute Gasteiger partial charge is 0.479 e. The molecule has 2 rings (SSSR count). The SMILES string of the molecule is COc1nccc(-c2ccccc2C(C)N)c1F. The van der Waals surface area contributed by atoms with Gasteiger partial charge in [0.15, 0.2) is 5.82 Å². The van der Waals surface area contributed by atoms with E-state index in [1.54, 1.807) is 6.07 Å². The molecule has 4 heteroatoms. The molecule has 2 aromatic rings. The van der Waals surface area contributed by atoms with Crippen LogP contribution in [0.2, 0.25) is 0 Å². The summed E-state index contributed by atoms with van der Waals surface area (Å²) in [5.74, 6) is -0.472. The van der Waals surface area contributed by atoms with Crippen LogP contribution in [0.1, 0.15) is 18.5 Å². The molecule has 0 amide bonds. The van der Waals surface area contributed by atoms with Crippen LogP contribution in [0.15, 0.2) is 36.5 Å². The third kappa shape index (κ3) is 2.19. The number of methoxy groups -OCH3 is 1. The first-order chi connectivity index (χ1) is 8.65. The molecule has 3 nitrogen and oxygen atoms in total. The second-order valence-electron chi connectivity index (χ2n) is 4.06. The van der Waals surface area contributed by atoms with Crippen molar-refractivity contribution in [3.8, 4) is 17.0 Å². The highest BCUT2D eigenvalue weighted by Crippen LogP contribution is 2.31. The number of aromatic nitrogens is 1. The number of halogens is 1. The quantitative estimate of drug-likeness (QED) is 0.905. The molecule has 1 heterocycles. The van der Waals surface area contributed by atoms with Gasteiger partial charge in [-0.05, 0) is 24.1 Å². The molecule has 1 unspecified atom stereocenters. The Morgan fingerprint density at radius 2 is 1.94 bits per heavy atom. The first-order valence-corrected chi connectivity index (χ1v) is 5.68. The highest BCUT2D eigenvalue weighted by atomic mass is 19.1. The summed E-state index contributed by atoms with van der Waals surface area (Å²) in [6.07, 6.45) is 1.52. The standard InChI is InChI=1S/C14H15FN2O/c1-9(16)10-5-3-4-6-11(10)12-7-8-17-14(18-2)13(12)15/h3-9H,16H2,1-2H3. The minimum absolute atomic E-state index is 0.00743. The minimum atomic E-state index is -0.465. The Hall–Kier alpha value is -1.94. The molecule has 94 valence electrons. The summed E-state index contributed by atoms with van der Waals surface area (Å²) in [5, 5.41) is 0. The fourth-order valence-corrected chi connectivity index (χ4v) is 1.91. The second-order valence-corrected chi connectivity index (χ2v) is 4.06. The Morgan fingerprint density at radius 3 is 2.61 bits per heavy atom. The zero-order chi connectivity index (χ0) is 13.1. The topological polar surface area (TPSA) is 48.1 Å². The Labute approximate surface area is 105 Å². The lowest BCUT2D eigenvalue weighted by molar-refractivity contribution is 0.370. The second kappa shape index (κ2) is 5.14. The fourth-order valence-electron chi connectivity index (χ4n) is 1.91.